The number of anilines is 2. The molecule has 12 heteroatoms. The minimum absolute atomic E-state index is 0.138. The van der Waals surface area contributed by atoms with Gasteiger partial charge in [-0.15, -0.1) is 5.10 Å². The van der Waals surface area contributed by atoms with Gasteiger partial charge >= 0.3 is 6.01 Å². The maximum Gasteiger partial charge on any atom is 0.329 e. The van der Waals surface area contributed by atoms with Crippen molar-refractivity contribution in [3.05, 3.63) is 34.2 Å². The molecule has 0 bridgehead atoms. The minimum Gasteiger partial charge on any atom is -0.408 e. The number of hydrogen-bond acceptors (Lipinski definition) is 9. The van der Waals surface area contributed by atoms with Crippen molar-refractivity contribution in [2.75, 3.05) is 10.1 Å². The number of benzene rings is 1. The molecule has 21 heavy (non-hydrogen) atoms. The molecule has 0 amide bonds. The van der Waals surface area contributed by atoms with E-state index in [9.17, 15) is 18.5 Å². The van der Waals surface area contributed by atoms with E-state index < -0.39 is 31.5 Å². The number of hydrogen-bond donors (Lipinski definition) is 3. The lowest BCUT2D eigenvalue weighted by molar-refractivity contribution is -0.387. The Bertz CT molecular complexity index is 786. The summed E-state index contributed by atoms with van der Waals surface area (Å²) in [6.45, 7) is 1.46. The van der Waals surface area contributed by atoms with E-state index in [-0.39, 0.29) is 11.6 Å². The van der Waals surface area contributed by atoms with E-state index in [0.717, 1.165) is 12.1 Å². The fourth-order valence-electron chi connectivity index (χ4n) is 1.48. The molecule has 0 spiro atoms. The monoisotopic (exact) mass is 314 g/mol. The summed E-state index contributed by atoms with van der Waals surface area (Å²) in [5, 5.41) is 17.8. The first-order valence-corrected chi connectivity index (χ1v) is 6.90. The van der Waals surface area contributed by atoms with Crippen LogP contribution in [0.1, 0.15) is 5.89 Å². The number of sulfonamides is 1. The lowest BCUT2D eigenvalue weighted by Crippen LogP contribution is -2.16. The Morgan fingerprint density at radius 1 is 1.38 bits per heavy atom. The second-order valence-corrected chi connectivity index (χ2v) is 5.47. The first-order valence-electron chi connectivity index (χ1n) is 5.41. The minimum atomic E-state index is -4.29. The average molecular weight is 314 g/mol. The Kier molecular flexibility index (Phi) is 3.73. The number of nitrogens with zero attached hydrogens (tertiary/aromatic N) is 3. The van der Waals surface area contributed by atoms with E-state index in [0.29, 0.717) is 0 Å². The maximum atomic E-state index is 12.2. The van der Waals surface area contributed by atoms with Crippen LogP contribution >= 0.6 is 0 Å². The predicted octanol–water partition coefficient (Wildman–Crippen LogP) is 0.373. The van der Waals surface area contributed by atoms with E-state index in [2.05, 4.69) is 15.6 Å². The van der Waals surface area contributed by atoms with Crippen molar-refractivity contribution in [1.82, 2.24) is 10.2 Å². The van der Waals surface area contributed by atoms with Crippen LogP contribution < -0.4 is 16.0 Å². The van der Waals surface area contributed by atoms with Gasteiger partial charge in [-0.2, -0.15) is 0 Å². The zero-order chi connectivity index (χ0) is 15.6. The van der Waals surface area contributed by atoms with E-state index in [1.807, 2.05) is 4.72 Å². The zero-order valence-electron chi connectivity index (χ0n) is 10.6. The maximum absolute atomic E-state index is 12.2. The molecule has 0 aliphatic heterocycles. The molecule has 0 unspecified atom stereocenters. The molecule has 0 aliphatic rings. The number of aromatic nitrogens is 2. The summed E-state index contributed by atoms with van der Waals surface area (Å²) < 4.78 is 31.2. The van der Waals surface area contributed by atoms with E-state index >= 15 is 0 Å². The molecule has 0 saturated heterocycles. The number of nitrogen functional groups attached to an aromatic ring is 1. The molecular formula is C9H10N6O5S. The highest BCUT2D eigenvalue weighted by atomic mass is 32.2. The van der Waals surface area contributed by atoms with Crippen LogP contribution in [-0.4, -0.2) is 23.5 Å². The third-order valence-corrected chi connectivity index (χ3v) is 3.71. The van der Waals surface area contributed by atoms with Gasteiger partial charge in [0, 0.05) is 13.0 Å². The number of nitrogens with two attached hydrogens (primary N) is 1. The van der Waals surface area contributed by atoms with Crippen molar-refractivity contribution in [3.8, 4) is 0 Å². The number of nitro benzene ring substituents is 1. The summed E-state index contributed by atoms with van der Waals surface area (Å²) >= 11 is 0. The van der Waals surface area contributed by atoms with Crippen LogP contribution in [0.5, 0.6) is 0 Å². The first kappa shape index (κ1) is 14.7. The van der Waals surface area contributed by atoms with Crippen LogP contribution in [0.3, 0.4) is 0 Å². The lowest BCUT2D eigenvalue weighted by Gasteiger charge is -2.07. The van der Waals surface area contributed by atoms with Crippen LogP contribution in [-0.2, 0) is 10.0 Å². The van der Waals surface area contributed by atoms with Crippen molar-refractivity contribution in [1.29, 1.82) is 0 Å². The van der Waals surface area contributed by atoms with Gasteiger partial charge in [-0.3, -0.25) is 16.0 Å². The van der Waals surface area contributed by atoms with Gasteiger partial charge in [0.2, 0.25) is 5.89 Å². The Labute approximate surface area is 118 Å². The van der Waals surface area contributed by atoms with Crippen LogP contribution in [0.4, 0.5) is 17.4 Å². The Morgan fingerprint density at radius 2 is 2.10 bits per heavy atom. The molecule has 0 aliphatic carbocycles. The van der Waals surface area contributed by atoms with Crippen molar-refractivity contribution >= 4 is 27.4 Å². The third kappa shape index (κ3) is 3.06. The Hall–Kier alpha value is -2.73. The van der Waals surface area contributed by atoms with Gasteiger partial charge in [-0.1, -0.05) is 5.10 Å². The van der Waals surface area contributed by atoms with Crippen molar-refractivity contribution < 1.29 is 17.8 Å². The average Bonchev–Trinajstić information content (AvgIpc) is 2.82. The van der Waals surface area contributed by atoms with Gasteiger partial charge in [0.15, 0.2) is 4.90 Å². The highest BCUT2D eigenvalue weighted by molar-refractivity contribution is 7.92. The van der Waals surface area contributed by atoms with Crippen molar-refractivity contribution in [2.24, 2.45) is 5.84 Å². The molecule has 4 N–H and O–H groups in total. The molecule has 11 nitrogen and oxygen atoms in total. The zero-order valence-corrected chi connectivity index (χ0v) is 11.4. The highest BCUT2D eigenvalue weighted by Gasteiger charge is 2.27. The molecule has 1 aromatic heterocycles. The highest BCUT2D eigenvalue weighted by Crippen LogP contribution is 2.28. The number of hydrazine groups is 1. The van der Waals surface area contributed by atoms with Crippen molar-refractivity contribution in [2.45, 2.75) is 11.8 Å². The van der Waals surface area contributed by atoms with Gasteiger partial charge in [-0.25, -0.2) is 13.1 Å². The van der Waals surface area contributed by atoms with Gasteiger partial charge in [0.1, 0.15) is 0 Å². The van der Waals surface area contributed by atoms with Gasteiger partial charge in [0.25, 0.3) is 15.7 Å². The number of aryl methyl sites for hydroxylation is 1. The molecule has 0 fully saturated rings. The first-order chi connectivity index (χ1) is 9.83. The van der Waals surface area contributed by atoms with Gasteiger partial charge < -0.3 is 9.84 Å². The Balaban J connectivity index is 2.49. The van der Waals surface area contributed by atoms with Gasteiger partial charge in [0.05, 0.1) is 10.6 Å². The smallest absolute Gasteiger partial charge is 0.329 e. The van der Waals surface area contributed by atoms with E-state index in [1.54, 1.807) is 0 Å². The van der Waals surface area contributed by atoms with Crippen LogP contribution in [0.2, 0.25) is 0 Å². The predicted molar refractivity (Wildman–Crippen MR) is 70.8 cm³/mol. The van der Waals surface area contributed by atoms with Crippen molar-refractivity contribution in [3.63, 3.8) is 0 Å². The largest absolute Gasteiger partial charge is 0.408 e. The SMILES string of the molecule is Cc1nnc(NS(=O)(=O)c2cc(NN)ccc2[N+](=O)[O-])o1. The summed E-state index contributed by atoms with van der Waals surface area (Å²) in [6.07, 6.45) is 0. The summed E-state index contributed by atoms with van der Waals surface area (Å²) in [4.78, 5) is 9.52. The molecule has 0 atom stereocenters. The summed E-state index contributed by atoms with van der Waals surface area (Å²) in [7, 11) is -4.29. The number of rotatable bonds is 5. The molecule has 1 aromatic carbocycles. The molecule has 0 radical (unpaired) electrons. The van der Waals surface area contributed by atoms with Gasteiger partial charge in [-0.05, 0) is 12.1 Å². The Morgan fingerprint density at radius 3 is 2.62 bits per heavy atom. The normalized spacial score (nSPS) is 11.1. The summed E-state index contributed by atoms with van der Waals surface area (Å²) in [6, 6.07) is 2.91. The molecule has 2 aromatic rings. The van der Waals surface area contributed by atoms with Crippen LogP contribution in [0, 0.1) is 17.0 Å². The summed E-state index contributed by atoms with van der Waals surface area (Å²) in [5.74, 6) is 5.31. The van der Waals surface area contributed by atoms with E-state index in [4.69, 9.17) is 10.3 Å². The molecule has 2 rings (SSSR count). The topological polar surface area (TPSA) is 166 Å². The second-order valence-electron chi connectivity index (χ2n) is 3.82. The molecule has 0 saturated carbocycles. The fraction of sp³-hybridized carbons (Fsp3) is 0.111. The fourth-order valence-corrected chi connectivity index (χ4v) is 2.60. The van der Waals surface area contributed by atoms with E-state index in [1.165, 1.54) is 13.0 Å². The number of nitrogens with one attached hydrogen (secondary N) is 2. The third-order valence-electron chi connectivity index (χ3n) is 2.36. The quantitative estimate of drug-likeness (QED) is 0.401. The molecular weight excluding hydrogens is 304 g/mol. The molecule has 112 valence electrons. The second kappa shape index (κ2) is 5.34. The molecule has 1 heterocycles. The number of nitro groups is 1. The summed E-state index contributed by atoms with van der Waals surface area (Å²) in [5.41, 5.74) is 1.78. The van der Waals surface area contributed by atoms with Crippen LogP contribution in [0.15, 0.2) is 27.5 Å². The van der Waals surface area contributed by atoms with Crippen LogP contribution in [0.25, 0.3) is 0 Å². The lowest BCUT2D eigenvalue weighted by atomic mass is 10.3. The standard InChI is InChI=1S/C9H10N6O5S/c1-5-12-13-9(20-5)14-21(18,19)8-4-6(11-10)2-3-7(8)15(16)17/h2-4,11H,10H2,1H3,(H,13,14).